The van der Waals surface area contributed by atoms with Crippen molar-refractivity contribution < 1.29 is 4.74 Å². The van der Waals surface area contributed by atoms with Crippen molar-refractivity contribution in [3.63, 3.8) is 0 Å². The van der Waals surface area contributed by atoms with E-state index in [4.69, 9.17) is 4.74 Å². The molecule has 0 saturated heterocycles. The molecule has 13 heavy (non-hydrogen) atoms. The quantitative estimate of drug-likeness (QED) is 0.666. The van der Waals surface area contributed by atoms with Gasteiger partial charge in [-0.15, -0.1) is 0 Å². The van der Waals surface area contributed by atoms with Gasteiger partial charge in [0.2, 0.25) is 0 Å². The lowest BCUT2D eigenvalue weighted by atomic mass is 10.1. The number of benzene rings is 1. The van der Waals surface area contributed by atoms with Crippen LogP contribution in [0.2, 0.25) is 0 Å². The predicted molar refractivity (Wildman–Crippen MR) is 53.6 cm³/mol. The Kier molecular flexibility index (Phi) is 2.65. The van der Waals surface area contributed by atoms with Gasteiger partial charge in [0.05, 0.1) is 0 Å². The van der Waals surface area contributed by atoms with Crippen molar-refractivity contribution >= 4 is 0 Å². The summed E-state index contributed by atoms with van der Waals surface area (Å²) in [6, 6.07) is 9.99. The predicted octanol–water partition coefficient (Wildman–Crippen LogP) is 3.52. The summed E-state index contributed by atoms with van der Waals surface area (Å²) < 4.78 is 5.72. The van der Waals surface area contributed by atoms with Gasteiger partial charge < -0.3 is 4.74 Å². The molecule has 1 aliphatic carbocycles. The highest BCUT2D eigenvalue weighted by Crippen LogP contribution is 2.21. The summed E-state index contributed by atoms with van der Waals surface area (Å²) in [6.45, 7) is 0. The molecule has 0 unspecified atom stereocenters. The fraction of sp³-hybridized carbons (Fsp3) is 0.333. The van der Waals surface area contributed by atoms with Crippen molar-refractivity contribution in [2.45, 2.75) is 25.7 Å². The van der Waals surface area contributed by atoms with Crippen molar-refractivity contribution in [1.82, 2.24) is 0 Å². The van der Waals surface area contributed by atoms with Gasteiger partial charge in [0, 0.05) is 6.42 Å². The van der Waals surface area contributed by atoms with Gasteiger partial charge in [-0.25, -0.2) is 0 Å². The van der Waals surface area contributed by atoms with Crippen LogP contribution in [-0.2, 0) is 0 Å². The highest BCUT2D eigenvalue weighted by molar-refractivity contribution is 5.23. The normalized spacial score (nSPS) is 16.5. The van der Waals surface area contributed by atoms with E-state index < -0.39 is 0 Å². The summed E-state index contributed by atoms with van der Waals surface area (Å²) in [6.07, 6.45) is 7.04. The van der Waals surface area contributed by atoms with Crippen LogP contribution in [-0.4, -0.2) is 0 Å². The van der Waals surface area contributed by atoms with Crippen LogP contribution in [0.1, 0.15) is 25.7 Å². The zero-order valence-corrected chi connectivity index (χ0v) is 7.70. The minimum atomic E-state index is 0.954. The van der Waals surface area contributed by atoms with Gasteiger partial charge in [-0.3, -0.25) is 0 Å². The van der Waals surface area contributed by atoms with Crippen molar-refractivity contribution in [3.8, 4) is 5.75 Å². The molecule has 2 rings (SSSR count). The lowest BCUT2D eigenvalue weighted by molar-refractivity contribution is 0.384. The van der Waals surface area contributed by atoms with Gasteiger partial charge in [0.1, 0.15) is 11.5 Å². The minimum Gasteiger partial charge on any atom is -0.462 e. The Morgan fingerprint density at radius 3 is 2.54 bits per heavy atom. The lowest BCUT2D eigenvalue weighted by Crippen LogP contribution is -1.99. The number of hydrogen-bond donors (Lipinski definition) is 0. The van der Waals surface area contributed by atoms with E-state index >= 15 is 0 Å². The maximum atomic E-state index is 5.72. The second-order valence-electron chi connectivity index (χ2n) is 3.33. The van der Waals surface area contributed by atoms with Crippen LogP contribution in [0.3, 0.4) is 0 Å². The van der Waals surface area contributed by atoms with Crippen LogP contribution < -0.4 is 4.74 Å². The third kappa shape index (κ3) is 2.35. The Hall–Kier alpha value is -1.24. The standard InChI is InChI=1S/C12H14O/c1-3-7-11(8-4-1)13-12-9-5-2-6-10-12/h1,3-4,7-9H,2,5-6,10H2. The summed E-state index contributed by atoms with van der Waals surface area (Å²) in [5, 5.41) is 0. The first-order chi connectivity index (χ1) is 6.45. The Labute approximate surface area is 79.0 Å². The van der Waals surface area contributed by atoms with Crippen molar-refractivity contribution in [2.24, 2.45) is 0 Å². The van der Waals surface area contributed by atoms with Gasteiger partial charge in [-0.05, 0) is 37.5 Å². The molecule has 0 amide bonds. The van der Waals surface area contributed by atoms with Gasteiger partial charge in [0.15, 0.2) is 0 Å². The van der Waals surface area contributed by atoms with Crippen LogP contribution in [0.15, 0.2) is 42.2 Å². The van der Waals surface area contributed by atoms with Crippen molar-refractivity contribution in [3.05, 3.63) is 42.2 Å². The van der Waals surface area contributed by atoms with Crippen LogP contribution in [0, 0.1) is 0 Å². The fourth-order valence-electron chi connectivity index (χ4n) is 1.54. The van der Waals surface area contributed by atoms with Crippen molar-refractivity contribution in [1.29, 1.82) is 0 Å². The smallest absolute Gasteiger partial charge is 0.126 e. The number of para-hydroxylation sites is 1. The summed E-state index contributed by atoms with van der Waals surface area (Å²) in [7, 11) is 0. The van der Waals surface area contributed by atoms with E-state index in [-0.39, 0.29) is 0 Å². The molecule has 0 spiro atoms. The second-order valence-corrected chi connectivity index (χ2v) is 3.33. The Balaban J connectivity index is 2.01. The Morgan fingerprint density at radius 2 is 1.85 bits per heavy atom. The molecule has 0 aliphatic heterocycles. The average Bonchev–Trinajstić information content (AvgIpc) is 2.21. The summed E-state index contributed by atoms with van der Waals surface area (Å²) in [5.74, 6) is 2.09. The van der Waals surface area contributed by atoms with E-state index in [0.29, 0.717) is 0 Å². The van der Waals surface area contributed by atoms with Crippen LogP contribution in [0.25, 0.3) is 0 Å². The molecular weight excluding hydrogens is 160 g/mol. The molecule has 1 heteroatoms. The van der Waals surface area contributed by atoms with Gasteiger partial charge >= 0.3 is 0 Å². The topological polar surface area (TPSA) is 9.23 Å². The average molecular weight is 174 g/mol. The molecule has 0 N–H and O–H groups in total. The summed E-state index contributed by atoms with van der Waals surface area (Å²) >= 11 is 0. The first-order valence-corrected chi connectivity index (χ1v) is 4.87. The molecular formula is C12H14O. The zero-order valence-electron chi connectivity index (χ0n) is 7.70. The number of rotatable bonds is 2. The first kappa shape index (κ1) is 8.36. The summed E-state index contributed by atoms with van der Waals surface area (Å²) in [5.41, 5.74) is 0. The molecule has 1 aliphatic rings. The highest BCUT2D eigenvalue weighted by atomic mass is 16.5. The largest absolute Gasteiger partial charge is 0.462 e. The number of allylic oxidation sites excluding steroid dienone is 2. The molecule has 1 nitrogen and oxygen atoms in total. The number of hydrogen-bond acceptors (Lipinski definition) is 1. The monoisotopic (exact) mass is 174 g/mol. The number of ether oxygens (including phenoxy) is 1. The van der Waals surface area contributed by atoms with E-state index in [0.717, 1.165) is 17.9 Å². The highest BCUT2D eigenvalue weighted by Gasteiger charge is 2.04. The van der Waals surface area contributed by atoms with E-state index in [1.807, 2.05) is 30.3 Å². The van der Waals surface area contributed by atoms with Gasteiger partial charge in [0.25, 0.3) is 0 Å². The van der Waals surface area contributed by atoms with E-state index in [2.05, 4.69) is 6.08 Å². The fourth-order valence-corrected chi connectivity index (χ4v) is 1.54. The Morgan fingerprint density at radius 1 is 1.00 bits per heavy atom. The van der Waals surface area contributed by atoms with E-state index in [1.54, 1.807) is 0 Å². The molecule has 0 heterocycles. The molecule has 0 fully saturated rings. The van der Waals surface area contributed by atoms with E-state index in [9.17, 15) is 0 Å². The molecule has 1 aromatic carbocycles. The van der Waals surface area contributed by atoms with Crippen LogP contribution >= 0.6 is 0 Å². The summed E-state index contributed by atoms with van der Waals surface area (Å²) in [4.78, 5) is 0. The molecule has 0 aromatic heterocycles. The van der Waals surface area contributed by atoms with Crippen LogP contribution in [0.5, 0.6) is 5.75 Å². The lowest BCUT2D eigenvalue weighted by Gasteiger charge is -2.13. The van der Waals surface area contributed by atoms with Gasteiger partial charge in [-0.2, -0.15) is 0 Å². The molecule has 1 aromatic rings. The van der Waals surface area contributed by atoms with E-state index in [1.165, 1.54) is 19.3 Å². The second kappa shape index (κ2) is 4.13. The zero-order chi connectivity index (χ0) is 8.93. The SMILES string of the molecule is C1=C(Oc2ccccc2)CCCC1. The minimum absolute atomic E-state index is 0.954. The molecule has 0 saturated carbocycles. The maximum absolute atomic E-state index is 5.72. The maximum Gasteiger partial charge on any atom is 0.126 e. The third-order valence-electron chi connectivity index (χ3n) is 2.24. The van der Waals surface area contributed by atoms with Gasteiger partial charge in [-0.1, -0.05) is 18.2 Å². The molecule has 68 valence electrons. The molecule has 0 atom stereocenters. The molecule has 0 radical (unpaired) electrons. The Bertz CT molecular complexity index is 287. The first-order valence-electron chi connectivity index (χ1n) is 4.87. The molecule has 0 bridgehead atoms. The van der Waals surface area contributed by atoms with Crippen molar-refractivity contribution in [2.75, 3.05) is 0 Å². The van der Waals surface area contributed by atoms with Crippen LogP contribution in [0.4, 0.5) is 0 Å². The third-order valence-corrected chi connectivity index (χ3v) is 2.24.